The zero-order valence-corrected chi connectivity index (χ0v) is 12.5. The molecule has 6 nitrogen and oxygen atoms in total. The van der Waals surface area contributed by atoms with E-state index in [1.54, 1.807) is 12.4 Å². The molecule has 0 spiro atoms. The molecule has 2 aromatic rings. The Hall–Kier alpha value is -2.24. The highest BCUT2D eigenvalue weighted by atomic mass is 16.5. The Bertz CT molecular complexity index is 606. The van der Waals surface area contributed by atoms with Crippen molar-refractivity contribution in [1.82, 2.24) is 20.4 Å². The van der Waals surface area contributed by atoms with Crippen LogP contribution in [0.2, 0.25) is 0 Å². The van der Waals surface area contributed by atoms with Gasteiger partial charge in [-0.05, 0) is 24.5 Å². The number of hydrogen-bond acceptors (Lipinski definition) is 5. The van der Waals surface area contributed by atoms with Crippen molar-refractivity contribution >= 4 is 5.91 Å². The van der Waals surface area contributed by atoms with Gasteiger partial charge in [0.1, 0.15) is 0 Å². The van der Waals surface area contributed by atoms with Gasteiger partial charge in [0, 0.05) is 24.4 Å². The number of nitrogens with zero attached hydrogens (tertiary/aromatic N) is 3. The number of rotatable bonds is 6. The van der Waals surface area contributed by atoms with Crippen molar-refractivity contribution < 1.29 is 9.32 Å². The van der Waals surface area contributed by atoms with Crippen LogP contribution in [0, 0.1) is 5.92 Å². The molecule has 0 unspecified atom stereocenters. The molecule has 22 heavy (non-hydrogen) atoms. The summed E-state index contributed by atoms with van der Waals surface area (Å²) in [6.45, 7) is 0.279. The van der Waals surface area contributed by atoms with Crippen LogP contribution in [0.5, 0.6) is 0 Å². The molecular formula is C16H20N4O2. The predicted molar refractivity (Wildman–Crippen MR) is 80.6 cm³/mol. The topological polar surface area (TPSA) is 80.9 Å². The number of carbonyl (C=O) groups excluding carboxylic acids is 1. The summed E-state index contributed by atoms with van der Waals surface area (Å²) in [6.07, 6.45) is 10.1. The van der Waals surface area contributed by atoms with E-state index in [-0.39, 0.29) is 12.5 Å². The summed E-state index contributed by atoms with van der Waals surface area (Å²) in [4.78, 5) is 20.1. The highest BCUT2D eigenvalue weighted by Gasteiger charge is 2.16. The van der Waals surface area contributed by atoms with Crippen LogP contribution in [0.15, 0.2) is 29.0 Å². The highest BCUT2D eigenvalue weighted by molar-refractivity contribution is 5.75. The van der Waals surface area contributed by atoms with E-state index in [1.165, 1.54) is 25.7 Å². The summed E-state index contributed by atoms with van der Waals surface area (Å²) in [5, 5.41) is 6.75. The van der Waals surface area contributed by atoms with Gasteiger partial charge in [0.05, 0.1) is 6.54 Å². The lowest BCUT2D eigenvalue weighted by Crippen LogP contribution is -2.23. The lowest BCUT2D eigenvalue weighted by Gasteiger charge is -2.07. The van der Waals surface area contributed by atoms with Gasteiger partial charge in [-0.2, -0.15) is 4.98 Å². The van der Waals surface area contributed by atoms with Crippen LogP contribution < -0.4 is 5.32 Å². The maximum atomic E-state index is 11.8. The van der Waals surface area contributed by atoms with Crippen LogP contribution in [-0.2, 0) is 11.3 Å². The zero-order valence-electron chi connectivity index (χ0n) is 12.5. The molecule has 0 aromatic carbocycles. The molecular weight excluding hydrogens is 280 g/mol. The average Bonchev–Trinajstić information content (AvgIpc) is 3.23. The fourth-order valence-corrected chi connectivity index (χ4v) is 2.84. The second kappa shape index (κ2) is 7.15. The van der Waals surface area contributed by atoms with Crippen LogP contribution >= 0.6 is 0 Å². The second-order valence-corrected chi connectivity index (χ2v) is 5.71. The molecule has 2 heterocycles. The SMILES string of the molecule is O=C(CCC1CCCC1)NCc1nc(-c2ccncc2)no1. The number of hydrogen-bond donors (Lipinski definition) is 1. The molecule has 6 heteroatoms. The molecule has 0 radical (unpaired) electrons. The lowest BCUT2D eigenvalue weighted by atomic mass is 10.0. The number of aromatic nitrogens is 3. The monoisotopic (exact) mass is 300 g/mol. The summed E-state index contributed by atoms with van der Waals surface area (Å²) in [5.41, 5.74) is 0.845. The number of amides is 1. The number of carbonyl (C=O) groups is 1. The molecule has 0 aliphatic heterocycles. The molecule has 2 aromatic heterocycles. The third-order valence-electron chi connectivity index (χ3n) is 4.10. The van der Waals surface area contributed by atoms with Gasteiger partial charge in [0.25, 0.3) is 0 Å². The summed E-state index contributed by atoms with van der Waals surface area (Å²) < 4.78 is 5.15. The quantitative estimate of drug-likeness (QED) is 0.887. The Morgan fingerprint density at radius 2 is 2.05 bits per heavy atom. The van der Waals surface area contributed by atoms with E-state index in [9.17, 15) is 4.79 Å². The van der Waals surface area contributed by atoms with Crippen molar-refractivity contribution in [3.63, 3.8) is 0 Å². The fraction of sp³-hybridized carbons (Fsp3) is 0.500. The minimum Gasteiger partial charge on any atom is -0.347 e. The van der Waals surface area contributed by atoms with Gasteiger partial charge in [-0.25, -0.2) is 0 Å². The van der Waals surface area contributed by atoms with Crippen molar-refractivity contribution in [2.75, 3.05) is 0 Å². The predicted octanol–water partition coefficient (Wildman–Crippen LogP) is 2.72. The Morgan fingerprint density at radius 3 is 2.82 bits per heavy atom. The third-order valence-corrected chi connectivity index (χ3v) is 4.10. The van der Waals surface area contributed by atoms with Crippen molar-refractivity contribution in [2.45, 2.75) is 45.1 Å². The van der Waals surface area contributed by atoms with Gasteiger partial charge < -0.3 is 9.84 Å². The Morgan fingerprint density at radius 1 is 1.27 bits per heavy atom. The molecule has 1 saturated carbocycles. The van der Waals surface area contributed by atoms with Gasteiger partial charge in [-0.1, -0.05) is 30.8 Å². The van der Waals surface area contributed by atoms with E-state index in [1.807, 2.05) is 12.1 Å². The van der Waals surface area contributed by atoms with Crippen LogP contribution in [0.25, 0.3) is 11.4 Å². The van der Waals surface area contributed by atoms with Gasteiger partial charge in [0.2, 0.25) is 17.6 Å². The summed E-state index contributed by atoms with van der Waals surface area (Å²) in [5.74, 6) is 1.71. The Labute approximate surface area is 129 Å². The molecule has 0 bridgehead atoms. The maximum absolute atomic E-state index is 11.8. The minimum atomic E-state index is 0.0514. The zero-order chi connectivity index (χ0) is 15.2. The molecule has 0 atom stereocenters. The summed E-state index contributed by atoms with van der Waals surface area (Å²) in [7, 11) is 0. The molecule has 3 rings (SSSR count). The fourth-order valence-electron chi connectivity index (χ4n) is 2.84. The number of pyridine rings is 1. The molecule has 1 aliphatic rings. The van der Waals surface area contributed by atoms with Gasteiger partial charge in [0.15, 0.2) is 0 Å². The minimum absolute atomic E-state index is 0.0514. The normalized spacial score (nSPS) is 15.1. The molecule has 0 saturated heterocycles. The largest absolute Gasteiger partial charge is 0.347 e. The number of nitrogens with one attached hydrogen (secondary N) is 1. The van der Waals surface area contributed by atoms with Crippen LogP contribution in [-0.4, -0.2) is 21.0 Å². The molecule has 116 valence electrons. The summed E-state index contributed by atoms with van der Waals surface area (Å²) in [6, 6.07) is 3.63. The van der Waals surface area contributed by atoms with Crippen molar-refractivity contribution in [3.8, 4) is 11.4 Å². The van der Waals surface area contributed by atoms with E-state index in [0.717, 1.165) is 17.9 Å². The maximum Gasteiger partial charge on any atom is 0.246 e. The van der Waals surface area contributed by atoms with Crippen molar-refractivity contribution in [3.05, 3.63) is 30.4 Å². The third kappa shape index (κ3) is 3.90. The second-order valence-electron chi connectivity index (χ2n) is 5.71. The Kier molecular flexibility index (Phi) is 4.78. The van der Waals surface area contributed by atoms with E-state index in [4.69, 9.17) is 4.52 Å². The van der Waals surface area contributed by atoms with E-state index in [0.29, 0.717) is 18.1 Å². The van der Waals surface area contributed by atoms with Crippen LogP contribution in [0.4, 0.5) is 0 Å². The molecule has 1 aliphatic carbocycles. The van der Waals surface area contributed by atoms with Crippen LogP contribution in [0.3, 0.4) is 0 Å². The van der Waals surface area contributed by atoms with Crippen molar-refractivity contribution in [2.24, 2.45) is 5.92 Å². The molecule has 1 fully saturated rings. The van der Waals surface area contributed by atoms with Crippen molar-refractivity contribution in [1.29, 1.82) is 0 Å². The van der Waals surface area contributed by atoms with E-state index >= 15 is 0 Å². The smallest absolute Gasteiger partial charge is 0.246 e. The van der Waals surface area contributed by atoms with Crippen LogP contribution in [0.1, 0.15) is 44.4 Å². The van der Waals surface area contributed by atoms with Gasteiger partial charge >= 0.3 is 0 Å². The first kappa shape index (κ1) is 14.7. The van der Waals surface area contributed by atoms with Gasteiger partial charge in [-0.3, -0.25) is 9.78 Å². The average molecular weight is 300 g/mol. The van der Waals surface area contributed by atoms with E-state index < -0.39 is 0 Å². The highest BCUT2D eigenvalue weighted by Crippen LogP contribution is 2.28. The first-order chi connectivity index (χ1) is 10.8. The molecule has 1 N–H and O–H groups in total. The Balaban J connectivity index is 1.45. The lowest BCUT2D eigenvalue weighted by molar-refractivity contribution is -0.121. The first-order valence-electron chi connectivity index (χ1n) is 7.81. The summed E-state index contributed by atoms with van der Waals surface area (Å²) >= 11 is 0. The van der Waals surface area contributed by atoms with E-state index in [2.05, 4.69) is 20.4 Å². The molecule has 1 amide bonds. The standard InChI is InChI=1S/C16H20N4O2/c21-14(6-5-12-3-1-2-4-12)18-11-15-19-16(20-22-15)13-7-9-17-10-8-13/h7-10,12H,1-6,11H2,(H,18,21). The van der Waals surface area contributed by atoms with Gasteiger partial charge in [-0.15, -0.1) is 0 Å². The first-order valence-corrected chi connectivity index (χ1v) is 7.81.